The van der Waals surface area contributed by atoms with Crippen molar-refractivity contribution >= 4 is 5.91 Å². The van der Waals surface area contributed by atoms with E-state index < -0.39 is 16.8 Å². The number of ether oxygens (including phenoxy) is 1. The quantitative estimate of drug-likeness (QED) is 0.426. The summed E-state index contributed by atoms with van der Waals surface area (Å²) in [4.78, 5) is 12.0. The molecule has 6 heteroatoms. The average Bonchev–Trinajstić information content (AvgIpc) is 2.85. The molecule has 0 aromatic heterocycles. The van der Waals surface area contributed by atoms with E-state index >= 15 is 0 Å². The lowest BCUT2D eigenvalue weighted by molar-refractivity contribution is -0.296. The predicted molar refractivity (Wildman–Crippen MR) is 111 cm³/mol. The van der Waals surface area contributed by atoms with Crippen LogP contribution in [0, 0.1) is 0 Å². The fourth-order valence-corrected chi connectivity index (χ4v) is 3.80. The van der Waals surface area contributed by atoms with E-state index in [2.05, 4.69) is 12.2 Å². The van der Waals surface area contributed by atoms with Gasteiger partial charge in [-0.1, -0.05) is 39.0 Å². The molecule has 0 spiro atoms. The zero-order valence-electron chi connectivity index (χ0n) is 18.8. The lowest BCUT2D eigenvalue weighted by Crippen LogP contribution is -2.49. The third-order valence-electron chi connectivity index (χ3n) is 5.63. The minimum absolute atomic E-state index is 0.0339. The first-order chi connectivity index (χ1) is 13.1. The van der Waals surface area contributed by atoms with Gasteiger partial charge < -0.3 is 15.2 Å². The summed E-state index contributed by atoms with van der Waals surface area (Å²) >= 11 is 0. The maximum atomic E-state index is 12.9. The van der Waals surface area contributed by atoms with Crippen molar-refractivity contribution in [3.63, 3.8) is 0 Å². The smallest absolute Gasteiger partial charge is 0.220 e. The van der Waals surface area contributed by atoms with Crippen LogP contribution in [-0.2, 0) is 14.7 Å². The first kappa shape index (κ1) is 25.3. The van der Waals surface area contributed by atoms with Crippen molar-refractivity contribution < 1.29 is 19.8 Å². The first-order valence-electron chi connectivity index (χ1n) is 11.1. The standard InChI is InChI=1S/C22H43N2O4/c1-6-7-8-9-12-15-22(24(27)21(4,5)18-28-22)16-13-10-11-14-19(26)23-20(2,3)17-25/h25H,6-18H2,1-5H3,(H,23,26). The van der Waals surface area contributed by atoms with Gasteiger partial charge in [0, 0.05) is 6.42 Å². The minimum Gasteiger partial charge on any atom is -0.394 e. The first-order valence-corrected chi connectivity index (χ1v) is 11.1. The third-order valence-corrected chi connectivity index (χ3v) is 5.63. The number of hydroxylamine groups is 2. The fourth-order valence-electron chi connectivity index (χ4n) is 3.80. The SMILES string of the molecule is CCCCCCCC1(CCCCCC(=O)NC(C)(C)CO)OCC(C)(C)N1[O]. The molecule has 0 aromatic carbocycles. The normalized spacial score (nSPS) is 22.5. The lowest BCUT2D eigenvalue weighted by Gasteiger charge is -2.35. The molecular weight excluding hydrogens is 356 g/mol. The van der Waals surface area contributed by atoms with Gasteiger partial charge in [-0.15, -0.1) is 10.3 Å². The molecule has 2 N–H and O–H groups in total. The van der Waals surface area contributed by atoms with Crippen molar-refractivity contribution in [2.45, 2.75) is 122 Å². The Morgan fingerprint density at radius 3 is 2.14 bits per heavy atom. The summed E-state index contributed by atoms with van der Waals surface area (Å²) in [6, 6.07) is 0. The van der Waals surface area contributed by atoms with E-state index in [1.54, 1.807) is 13.8 Å². The maximum absolute atomic E-state index is 12.9. The molecule has 0 aromatic rings. The molecule has 165 valence electrons. The van der Waals surface area contributed by atoms with Gasteiger partial charge in [0.1, 0.15) is 5.72 Å². The van der Waals surface area contributed by atoms with Gasteiger partial charge in [-0.3, -0.25) is 4.79 Å². The van der Waals surface area contributed by atoms with Crippen LogP contribution in [0.15, 0.2) is 0 Å². The molecule has 1 unspecified atom stereocenters. The predicted octanol–water partition coefficient (Wildman–Crippen LogP) is 4.34. The Morgan fingerprint density at radius 1 is 1.07 bits per heavy atom. The van der Waals surface area contributed by atoms with Crippen molar-refractivity contribution in [1.29, 1.82) is 0 Å². The number of rotatable bonds is 14. The number of unbranched alkanes of at least 4 members (excludes halogenated alkanes) is 6. The van der Waals surface area contributed by atoms with Gasteiger partial charge in [0.2, 0.25) is 5.91 Å². The third kappa shape index (κ3) is 7.97. The summed E-state index contributed by atoms with van der Waals surface area (Å²) in [5.41, 5.74) is -1.75. The molecule has 1 rings (SSSR count). The number of aliphatic hydroxyl groups excluding tert-OH is 1. The van der Waals surface area contributed by atoms with Gasteiger partial charge in [0.05, 0.1) is 24.3 Å². The van der Waals surface area contributed by atoms with Crippen molar-refractivity contribution in [1.82, 2.24) is 10.4 Å². The summed E-state index contributed by atoms with van der Waals surface area (Å²) in [6.07, 6.45) is 10.3. The minimum atomic E-state index is -0.698. The van der Waals surface area contributed by atoms with E-state index in [1.165, 1.54) is 24.3 Å². The Labute approximate surface area is 172 Å². The fraction of sp³-hybridized carbons (Fsp3) is 0.955. The summed E-state index contributed by atoms with van der Waals surface area (Å²) in [7, 11) is 0. The van der Waals surface area contributed by atoms with Gasteiger partial charge >= 0.3 is 0 Å². The second-order valence-electron chi connectivity index (χ2n) is 9.66. The molecule has 0 saturated carbocycles. The molecular formula is C22H43N2O4. The highest BCUT2D eigenvalue weighted by Gasteiger charge is 2.51. The van der Waals surface area contributed by atoms with Crippen LogP contribution in [0.5, 0.6) is 0 Å². The second kappa shape index (κ2) is 11.5. The average molecular weight is 400 g/mol. The number of hydrogen-bond donors (Lipinski definition) is 2. The number of carbonyl (C=O) groups excluding carboxylic acids is 1. The number of carbonyl (C=O) groups is 1. The van der Waals surface area contributed by atoms with Crippen LogP contribution in [0.1, 0.15) is 105 Å². The Balaban J connectivity index is 2.43. The van der Waals surface area contributed by atoms with Gasteiger partial charge in [0.15, 0.2) is 0 Å². The molecule has 1 aliphatic rings. The Kier molecular flexibility index (Phi) is 10.4. The number of aliphatic hydroxyl groups is 1. The van der Waals surface area contributed by atoms with Crippen molar-refractivity contribution in [3.8, 4) is 0 Å². The number of hydrogen-bond acceptors (Lipinski definition) is 4. The van der Waals surface area contributed by atoms with E-state index in [-0.39, 0.29) is 12.5 Å². The highest BCUT2D eigenvalue weighted by Crippen LogP contribution is 2.40. The number of amides is 1. The van der Waals surface area contributed by atoms with Gasteiger partial charge in [0.25, 0.3) is 0 Å². The molecule has 1 atom stereocenters. The van der Waals surface area contributed by atoms with E-state index in [0.717, 1.165) is 44.9 Å². The van der Waals surface area contributed by atoms with Crippen molar-refractivity contribution in [3.05, 3.63) is 0 Å². The van der Waals surface area contributed by atoms with Crippen LogP contribution in [0.3, 0.4) is 0 Å². The summed E-state index contributed by atoms with van der Waals surface area (Å²) in [5, 5.41) is 26.2. The zero-order valence-corrected chi connectivity index (χ0v) is 18.8. The molecule has 28 heavy (non-hydrogen) atoms. The molecule has 1 fully saturated rings. The molecule has 1 radical (unpaired) electrons. The topological polar surface area (TPSA) is 81.7 Å². The molecule has 1 amide bonds. The zero-order chi connectivity index (χ0) is 21.3. The maximum Gasteiger partial charge on any atom is 0.220 e. The van der Waals surface area contributed by atoms with Crippen LogP contribution in [0.25, 0.3) is 0 Å². The Hall–Kier alpha value is -0.690. The Morgan fingerprint density at radius 2 is 1.64 bits per heavy atom. The van der Waals surface area contributed by atoms with Crippen LogP contribution < -0.4 is 5.32 Å². The van der Waals surface area contributed by atoms with E-state index in [1.807, 2.05) is 13.8 Å². The van der Waals surface area contributed by atoms with Gasteiger partial charge in [-0.2, -0.15) is 0 Å². The molecule has 1 heterocycles. The van der Waals surface area contributed by atoms with Crippen LogP contribution in [0.4, 0.5) is 0 Å². The molecule has 0 aliphatic carbocycles. The lowest BCUT2D eigenvalue weighted by atomic mass is 9.95. The summed E-state index contributed by atoms with van der Waals surface area (Å²) in [5.74, 6) is -0.0339. The van der Waals surface area contributed by atoms with E-state index in [4.69, 9.17) is 4.74 Å². The summed E-state index contributed by atoms with van der Waals surface area (Å²) in [6.45, 7) is 10.1. The second-order valence-corrected chi connectivity index (χ2v) is 9.66. The van der Waals surface area contributed by atoms with E-state index in [0.29, 0.717) is 13.0 Å². The van der Waals surface area contributed by atoms with Crippen LogP contribution in [-0.4, -0.2) is 46.1 Å². The largest absolute Gasteiger partial charge is 0.394 e. The Bertz CT molecular complexity index is 467. The monoisotopic (exact) mass is 399 g/mol. The van der Waals surface area contributed by atoms with Crippen LogP contribution in [0.2, 0.25) is 0 Å². The molecule has 1 aliphatic heterocycles. The highest BCUT2D eigenvalue weighted by atomic mass is 16.6. The van der Waals surface area contributed by atoms with Gasteiger partial charge in [-0.05, 0) is 59.8 Å². The highest BCUT2D eigenvalue weighted by molar-refractivity contribution is 5.76. The summed E-state index contributed by atoms with van der Waals surface area (Å²) < 4.78 is 6.09. The van der Waals surface area contributed by atoms with Crippen molar-refractivity contribution in [2.24, 2.45) is 0 Å². The molecule has 0 bridgehead atoms. The van der Waals surface area contributed by atoms with Crippen molar-refractivity contribution in [2.75, 3.05) is 13.2 Å². The molecule has 6 nitrogen and oxygen atoms in total. The van der Waals surface area contributed by atoms with E-state index in [9.17, 15) is 15.1 Å². The van der Waals surface area contributed by atoms with Gasteiger partial charge in [-0.25, -0.2) is 0 Å². The number of nitrogens with one attached hydrogen (secondary N) is 1. The van der Waals surface area contributed by atoms with Crippen LogP contribution >= 0.6 is 0 Å². The molecule has 1 saturated heterocycles. The number of nitrogens with zero attached hydrogens (tertiary/aromatic N) is 1.